The van der Waals surface area contributed by atoms with Crippen LogP contribution in [0.15, 0.2) is 48.5 Å². The number of nitrogens with one attached hydrogen (secondary N) is 1. The van der Waals surface area contributed by atoms with Crippen molar-refractivity contribution < 1.29 is 13.6 Å². The molecule has 0 saturated carbocycles. The molecule has 1 saturated heterocycles. The second-order valence-electron chi connectivity index (χ2n) is 7.98. The predicted octanol–water partition coefficient (Wildman–Crippen LogP) is 5.30. The van der Waals surface area contributed by atoms with Gasteiger partial charge in [0.05, 0.1) is 15.8 Å². The fourth-order valence-electron chi connectivity index (χ4n) is 4.02. The number of pyridine rings is 1. The maximum Gasteiger partial charge on any atom is 0.259 e. The first-order chi connectivity index (χ1) is 15.4. The van der Waals surface area contributed by atoms with E-state index < -0.39 is 5.92 Å². The van der Waals surface area contributed by atoms with Gasteiger partial charge in [0.2, 0.25) is 5.92 Å². The number of carbonyl (C=O) groups excluding carboxylic acids is 1. The molecule has 4 aromatic rings. The Morgan fingerprint density at radius 2 is 1.97 bits per heavy atom. The molecular formula is C23H21F2N5OS. The van der Waals surface area contributed by atoms with E-state index in [-0.39, 0.29) is 25.3 Å². The van der Waals surface area contributed by atoms with Crippen LogP contribution in [0, 0.1) is 0 Å². The molecule has 0 aliphatic carbocycles. The standard InChI is InChI=1S/C23H21F2N5OS/c24-23(25)8-3-10-30(11-9-23)21-17(12-14-4-1-2-5-18(14)28-21)22(31)27-15-6-7-19-16(13-15)20(26)29-32-19/h1-2,4-7,12-13H,3,8-11H2,(H2,26,29)(H,27,31). The molecule has 0 unspecified atom stereocenters. The molecular weight excluding hydrogens is 432 g/mol. The van der Waals surface area contributed by atoms with Crippen LogP contribution in [0.5, 0.6) is 0 Å². The van der Waals surface area contributed by atoms with Gasteiger partial charge in [-0.05, 0) is 48.3 Å². The van der Waals surface area contributed by atoms with E-state index in [1.165, 1.54) is 11.5 Å². The maximum atomic E-state index is 13.9. The van der Waals surface area contributed by atoms with Crippen molar-refractivity contribution in [3.63, 3.8) is 0 Å². The summed E-state index contributed by atoms with van der Waals surface area (Å²) in [4.78, 5) is 19.8. The second kappa shape index (κ2) is 7.98. The minimum atomic E-state index is -2.70. The number of hydrogen-bond acceptors (Lipinski definition) is 6. The zero-order valence-corrected chi connectivity index (χ0v) is 18.0. The lowest BCUT2D eigenvalue weighted by molar-refractivity contribution is -0.0102. The summed E-state index contributed by atoms with van der Waals surface area (Å²) in [6, 6.07) is 14.7. The molecule has 5 rings (SSSR count). The van der Waals surface area contributed by atoms with Crippen molar-refractivity contribution in [3.05, 3.63) is 54.1 Å². The van der Waals surface area contributed by atoms with E-state index in [9.17, 15) is 13.6 Å². The van der Waals surface area contributed by atoms with Gasteiger partial charge in [0, 0.05) is 42.4 Å². The fraction of sp³-hybridized carbons (Fsp3) is 0.261. The Morgan fingerprint density at radius 3 is 2.84 bits per heavy atom. The molecule has 1 fully saturated rings. The summed E-state index contributed by atoms with van der Waals surface area (Å²) in [6.07, 6.45) is -0.0813. The van der Waals surface area contributed by atoms with Crippen LogP contribution in [0.4, 0.5) is 26.1 Å². The van der Waals surface area contributed by atoms with Gasteiger partial charge in [-0.2, -0.15) is 4.37 Å². The Kier molecular flexibility index (Phi) is 5.13. The van der Waals surface area contributed by atoms with Crippen LogP contribution in [-0.2, 0) is 0 Å². The van der Waals surface area contributed by atoms with Crippen molar-refractivity contribution in [1.29, 1.82) is 0 Å². The van der Waals surface area contributed by atoms with Gasteiger partial charge >= 0.3 is 0 Å². The van der Waals surface area contributed by atoms with E-state index in [0.717, 1.165) is 15.5 Å². The van der Waals surface area contributed by atoms with E-state index in [4.69, 9.17) is 10.7 Å². The summed E-state index contributed by atoms with van der Waals surface area (Å²) in [6.45, 7) is 0.561. The summed E-state index contributed by atoms with van der Waals surface area (Å²) in [5, 5.41) is 4.50. The van der Waals surface area contributed by atoms with Crippen LogP contribution in [0.25, 0.3) is 21.0 Å². The molecule has 3 heterocycles. The molecule has 0 spiro atoms. The Bertz CT molecular complexity index is 1320. The highest BCUT2D eigenvalue weighted by atomic mass is 32.1. The van der Waals surface area contributed by atoms with E-state index in [1.807, 2.05) is 30.3 Å². The summed E-state index contributed by atoms with van der Waals surface area (Å²) in [5.41, 5.74) is 7.56. The van der Waals surface area contributed by atoms with Crippen LogP contribution in [0.2, 0.25) is 0 Å². The third-order valence-electron chi connectivity index (χ3n) is 5.72. The van der Waals surface area contributed by atoms with Crippen LogP contribution < -0.4 is 16.0 Å². The third kappa shape index (κ3) is 3.95. The molecule has 0 bridgehead atoms. The molecule has 9 heteroatoms. The van der Waals surface area contributed by atoms with Gasteiger partial charge < -0.3 is 16.0 Å². The van der Waals surface area contributed by atoms with Gasteiger partial charge in [0.25, 0.3) is 5.91 Å². The molecule has 2 aromatic heterocycles. The van der Waals surface area contributed by atoms with Crippen molar-refractivity contribution in [2.24, 2.45) is 0 Å². The largest absolute Gasteiger partial charge is 0.382 e. The lowest BCUT2D eigenvalue weighted by Crippen LogP contribution is -2.29. The fourth-order valence-corrected chi connectivity index (χ4v) is 4.71. The Hall–Kier alpha value is -3.33. The number of para-hydroxylation sites is 1. The summed E-state index contributed by atoms with van der Waals surface area (Å²) in [7, 11) is 0. The van der Waals surface area contributed by atoms with Crippen molar-refractivity contribution >= 4 is 55.8 Å². The van der Waals surface area contributed by atoms with Crippen molar-refractivity contribution in [2.45, 2.75) is 25.2 Å². The lowest BCUT2D eigenvalue weighted by Gasteiger charge is -2.24. The second-order valence-corrected chi connectivity index (χ2v) is 8.79. The van der Waals surface area contributed by atoms with E-state index in [2.05, 4.69) is 9.69 Å². The van der Waals surface area contributed by atoms with Crippen LogP contribution in [0.1, 0.15) is 29.6 Å². The molecule has 164 valence electrons. The van der Waals surface area contributed by atoms with Crippen LogP contribution in [0.3, 0.4) is 0 Å². The summed E-state index contributed by atoms with van der Waals surface area (Å²) < 4.78 is 33.0. The van der Waals surface area contributed by atoms with Crippen molar-refractivity contribution in [3.8, 4) is 0 Å². The zero-order chi connectivity index (χ0) is 22.3. The quantitative estimate of drug-likeness (QED) is 0.440. The van der Waals surface area contributed by atoms with E-state index in [0.29, 0.717) is 41.4 Å². The number of halogens is 2. The third-order valence-corrected chi connectivity index (χ3v) is 6.56. The molecule has 0 atom stereocenters. The van der Waals surface area contributed by atoms with Gasteiger partial charge in [-0.3, -0.25) is 4.79 Å². The highest BCUT2D eigenvalue weighted by Gasteiger charge is 2.33. The molecule has 1 amide bonds. The number of hydrogen-bond donors (Lipinski definition) is 2. The Morgan fingerprint density at radius 1 is 1.12 bits per heavy atom. The molecule has 0 radical (unpaired) electrons. The summed E-state index contributed by atoms with van der Waals surface area (Å²) in [5.74, 6) is -2.20. The van der Waals surface area contributed by atoms with Gasteiger partial charge in [-0.25, -0.2) is 13.8 Å². The SMILES string of the molecule is Nc1nsc2ccc(NC(=O)c3cc4ccccc4nc3N3CCCC(F)(F)CC3)cc12. The van der Waals surface area contributed by atoms with Crippen molar-refractivity contribution in [1.82, 2.24) is 9.36 Å². The number of benzene rings is 2. The molecule has 1 aliphatic rings. The van der Waals surface area contributed by atoms with E-state index >= 15 is 0 Å². The molecule has 6 nitrogen and oxygen atoms in total. The highest BCUT2D eigenvalue weighted by molar-refractivity contribution is 7.13. The van der Waals surface area contributed by atoms with Gasteiger partial charge in [0.1, 0.15) is 11.6 Å². The molecule has 2 aromatic carbocycles. The number of nitrogen functional groups attached to an aromatic ring is 1. The Balaban J connectivity index is 1.52. The Labute approximate surface area is 187 Å². The van der Waals surface area contributed by atoms with Gasteiger partial charge in [-0.1, -0.05) is 18.2 Å². The number of carbonyl (C=O) groups is 1. The molecule has 3 N–H and O–H groups in total. The smallest absolute Gasteiger partial charge is 0.259 e. The average molecular weight is 454 g/mol. The first-order valence-electron chi connectivity index (χ1n) is 10.4. The lowest BCUT2D eigenvalue weighted by atomic mass is 10.1. The summed E-state index contributed by atoms with van der Waals surface area (Å²) >= 11 is 1.30. The average Bonchev–Trinajstić information content (AvgIpc) is 3.04. The number of nitrogens with two attached hydrogens (primary N) is 1. The number of fused-ring (bicyclic) bond motifs is 2. The first kappa shape index (κ1) is 20.6. The molecule has 32 heavy (non-hydrogen) atoms. The minimum Gasteiger partial charge on any atom is -0.382 e. The van der Waals surface area contributed by atoms with Gasteiger partial charge in [-0.15, -0.1) is 0 Å². The van der Waals surface area contributed by atoms with Gasteiger partial charge in [0.15, 0.2) is 0 Å². The van der Waals surface area contributed by atoms with Crippen LogP contribution >= 0.6 is 11.5 Å². The van der Waals surface area contributed by atoms with E-state index in [1.54, 1.807) is 23.1 Å². The predicted molar refractivity (Wildman–Crippen MR) is 125 cm³/mol. The maximum absolute atomic E-state index is 13.9. The minimum absolute atomic E-state index is 0.141. The zero-order valence-electron chi connectivity index (χ0n) is 17.1. The van der Waals surface area contributed by atoms with Crippen LogP contribution in [-0.4, -0.2) is 34.3 Å². The van der Waals surface area contributed by atoms with Crippen molar-refractivity contribution in [2.75, 3.05) is 29.0 Å². The number of rotatable bonds is 3. The number of aromatic nitrogens is 2. The molecule has 1 aliphatic heterocycles. The number of anilines is 3. The number of alkyl halides is 2. The topological polar surface area (TPSA) is 84.1 Å². The number of nitrogens with zero attached hydrogens (tertiary/aromatic N) is 3. The number of amides is 1. The highest BCUT2D eigenvalue weighted by Crippen LogP contribution is 2.33. The normalized spacial score (nSPS) is 16.2. The monoisotopic (exact) mass is 453 g/mol. The first-order valence-corrected chi connectivity index (χ1v) is 11.2.